The lowest BCUT2D eigenvalue weighted by atomic mass is 9.82. The molecule has 1 aliphatic rings. The molecule has 0 saturated carbocycles. The second kappa shape index (κ2) is 13.6. The second-order valence-electron chi connectivity index (χ2n) is 7.24. The molecule has 1 heterocycles. The quantitative estimate of drug-likeness (QED) is 0.644. The van der Waals surface area contributed by atoms with Crippen LogP contribution >= 0.6 is 0 Å². The molecule has 0 spiro atoms. The van der Waals surface area contributed by atoms with Gasteiger partial charge in [0.15, 0.2) is 0 Å². The summed E-state index contributed by atoms with van der Waals surface area (Å²) >= 11 is 0. The standard InChI is InChI=1S/C19H32N2O7/c1-16-4-5-20-17(22)27-12-10-25-8-6-24-7-9-26-11-13-28-18(23)21-15-19(2,3)14-16/h6-9,16H,4-5,10-15H2,1-3H3,(H,20,22)(H,21,23). The Labute approximate surface area is 166 Å². The third-order valence-corrected chi connectivity index (χ3v) is 3.85. The van der Waals surface area contributed by atoms with Crippen LogP contribution in [0.15, 0.2) is 25.0 Å². The van der Waals surface area contributed by atoms with Gasteiger partial charge in [-0.2, -0.15) is 0 Å². The molecule has 0 saturated heterocycles. The second-order valence-corrected chi connectivity index (χ2v) is 7.24. The Morgan fingerprint density at radius 2 is 1.46 bits per heavy atom. The zero-order valence-electron chi connectivity index (χ0n) is 16.9. The van der Waals surface area contributed by atoms with Crippen molar-refractivity contribution in [1.29, 1.82) is 0 Å². The molecule has 0 aromatic rings. The summed E-state index contributed by atoms with van der Waals surface area (Å²) in [5.74, 6) is 0.364. The molecule has 0 aromatic carbocycles. The van der Waals surface area contributed by atoms with E-state index in [-0.39, 0.29) is 31.8 Å². The third-order valence-electron chi connectivity index (χ3n) is 3.85. The number of rotatable bonds is 0. The van der Waals surface area contributed by atoms with Crippen LogP contribution in [0.3, 0.4) is 0 Å². The lowest BCUT2D eigenvalue weighted by Gasteiger charge is -2.28. The molecule has 160 valence electrons. The van der Waals surface area contributed by atoms with Crippen molar-refractivity contribution in [3.05, 3.63) is 25.0 Å². The fourth-order valence-corrected chi connectivity index (χ4v) is 2.64. The SMILES string of the molecule is CC1CCNC(=O)OCCOC=COC=COCCOC(=O)NCC(C)(C)C1. The van der Waals surface area contributed by atoms with E-state index in [1.54, 1.807) is 0 Å². The topological polar surface area (TPSA) is 104 Å². The Kier molecular flexibility index (Phi) is 11.4. The number of hydrogen-bond donors (Lipinski definition) is 2. The van der Waals surface area contributed by atoms with Crippen LogP contribution in [0.25, 0.3) is 0 Å². The molecule has 2 amide bonds. The van der Waals surface area contributed by atoms with Gasteiger partial charge in [0.25, 0.3) is 0 Å². The number of ether oxygens (including phenoxy) is 5. The van der Waals surface area contributed by atoms with E-state index >= 15 is 0 Å². The highest BCUT2D eigenvalue weighted by molar-refractivity contribution is 5.67. The molecule has 0 aromatic heterocycles. The first-order chi connectivity index (χ1) is 13.4. The average molecular weight is 400 g/mol. The van der Waals surface area contributed by atoms with Crippen LogP contribution in [0.2, 0.25) is 0 Å². The molecule has 0 radical (unpaired) electrons. The van der Waals surface area contributed by atoms with Crippen molar-refractivity contribution in [2.75, 3.05) is 39.5 Å². The monoisotopic (exact) mass is 400 g/mol. The number of alkyl carbamates (subject to hydrolysis) is 2. The van der Waals surface area contributed by atoms with Gasteiger partial charge in [-0.3, -0.25) is 0 Å². The van der Waals surface area contributed by atoms with Gasteiger partial charge in [-0.1, -0.05) is 20.8 Å². The van der Waals surface area contributed by atoms with Crippen molar-refractivity contribution >= 4 is 12.2 Å². The summed E-state index contributed by atoms with van der Waals surface area (Å²) in [5.41, 5.74) is -0.102. The van der Waals surface area contributed by atoms with Crippen LogP contribution in [0, 0.1) is 11.3 Å². The lowest BCUT2D eigenvalue weighted by molar-refractivity contribution is 0.107. The lowest BCUT2D eigenvalue weighted by Crippen LogP contribution is -2.36. The molecule has 1 unspecified atom stereocenters. The normalized spacial score (nSPS) is 23.5. The average Bonchev–Trinajstić information content (AvgIpc) is 2.62. The molecule has 28 heavy (non-hydrogen) atoms. The predicted molar refractivity (Wildman–Crippen MR) is 102 cm³/mol. The molecular weight excluding hydrogens is 368 g/mol. The number of amides is 2. The number of nitrogens with one attached hydrogen (secondary N) is 2. The molecule has 0 fully saturated rings. The van der Waals surface area contributed by atoms with Crippen molar-refractivity contribution in [2.45, 2.75) is 33.6 Å². The first-order valence-electron chi connectivity index (χ1n) is 9.39. The van der Waals surface area contributed by atoms with Gasteiger partial charge in [-0.25, -0.2) is 9.59 Å². The Balaban J connectivity index is 2.48. The molecule has 1 atom stereocenters. The van der Waals surface area contributed by atoms with Crippen molar-refractivity contribution < 1.29 is 33.3 Å². The summed E-state index contributed by atoms with van der Waals surface area (Å²) in [4.78, 5) is 23.4. The summed E-state index contributed by atoms with van der Waals surface area (Å²) in [6.45, 7) is 7.98. The van der Waals surface area contributed by atoms with E-state index in [0.29, 0.717) is 19.0 Å². The van der Waals surface area contributed by atoms with Crippen LogP contribution in [0.1, 0.15) is 33.6 Å². The molecule has 1 rings (SSSR count). The van der Waals surface area contributed by atoms with E-state index < -0.39 is 12.2 Å². The molecule has 9 nitrogen and oxygen atoms in total. The van der Waals surface area contributed by atoms with E-state index in [4.69, 9.17) is 23.7 Å². The van der Waals surface area contributed by atoms with E-state index in [0.717, 1.165) is 12.8 Å². The smallest absolute Gasteiger partial charge is 0.407 e. The van der Waals surface area contributed by atoms with Crippen molar-refractivity contribution in [2.24, 2.45) is 11.3 Å². The Bertz CT molecular complexity index is 520. The summed E-state index contributed by atoms with van der Waals surface area (Å²) in [5, 5.41) is 5.49. The Morgan fingerprint density at radius 1 is 0.893 bits per heavy atom. The minimum Gasteiger partial charge on any atom is -0.494 e. The van der Waals surface area contributed by atoms with E-state index in [9.17, 15) is 9.59 Å². The summed E-state index contributed by atoms with van der Waals surface area (Å²) in [7, 11) is 0. The van der Waals surface area contributed by atoms with Gasteiger partial charge in [0, 0.05) is 13.1 Å². The highest BCUT2D eigenvalue weighted by atomic mass is 16.6. The number of carbonyl (C=O) groups excluding carboxylic acids is 2. The Morgan fingerprint density at radius 3 is 2.07 bits per heavy atom. The fraction of sp³-hybridized carbons (Fsp3) is 0.684. The highest BCUT2D eigenvalue weighted by Crippen LogP contribution is 2.26. The summed E-state index contributed by atoms with van der Waals surface area (Å²) in [6, 6.07) is 0. The summed E-state index contributed by atoms with van der Waals surface area (Å²) in [6.07, 6.45) is 6.02. The molecule has 9 heteroatoms. The maximum Gasteiger partial charge on any atom is 0.407 e. The van der Waals surface area contributed by atoms with Gasteiger partial charge < -0.3 is 34.3 Å². The van der Waals surface area contributed by atoms with Gasteiger partial charge >= 0.3 is 12.2 Å². The van der Waals surface area contributed by atoms with E-state index in [2.05, 4.69) is 31.4 Å². The molecule has 1 aliphatic heterocycles. The first kappa shape index (κ1) is 23.5. The van der Waals surface area contributed by atoms with Gasteiger partial charge in [0.2, 0.25) is 0 Å². The number of carbonyl (C=O) groups is 2. The summed E-state index contributed by atoms with van der Waals surface area (Å²) < 4.78 is 25.3. The van der Waals surface area contributed by atoms with Crippen LogP contribution in [0.5, 0.6) is 0 Å². The van der Waals surface area contributed by atoms with Gasteiger partial charge in [-0.05, 0) is 24.2 Å². The fourth-order valence-electron chi connectivity index (χ4n) is 2.64. The van der Waals surface area contributed by atoms with E-state index in [1.807, 2.05) is 0 Å². The highest BCUT2D eigenvalue weighted by Gasteiger charge is 2.22. The molecule has 2 N–H and O–H groups in total. The molecule has 0 bridgehead atoms. The number of hydrogen-bond acceptors (Lipinski definition) is 7. The third kappa shape index (κ3) is 12.7. The van der Waals surface area contributed by atoms with Gasteiger partial charge in [0.05, 0.1) is 0 Å². The zero-order chi connectivity index (χ0) is 20.7. The first-order valence-corrected chi connectivity index (χ1v) is 9.39. The maximum absolute atomic E-state index is 11.8. The van der Waals surface area contributed by atoms with E-state index in [1.165, 1.54) is 25.0 Å². The van der Waals surface area contributed by atoms with Gasteiger partial charge in [-0.15, -0.1) is 0 Å². The van der Waals surface area contributed by atoms with Crippen LogP contribution in [-0.4, -0.2) is 51.7 Å². The number of cyclic esters (lactones) is 2. The zero-order valence-corrected chi connectivity index (χ0v) is 16.9. The maximum atomic E-state index is 11.8. The predicted octanol–water partition coefficient (Wildman–Crippen LogP) is 2.89. The Hall–Kier alpha value is -2.58. The largest absolute Gasteiger partial charge is 0.494 e. The minimum atomic E-state index is -0.479. The van der Waals surface area contributed by atoms with Crippen molar-refractivity contribution in [3.8, 4) is 0 Å². The molecular formula is C19H32N2O7. The van der Waals surface area contributed by atoms with Gasteiger partial charge in [0.1, 0.15) is 51.5 Å². The minimum absolute atomic E-state index is 0.102. The van der Waals surface area contributed by atoms with Crippen molar-refractivity contribution in [3.63, 3.8) is 0 Å². The van der Waals surface area contributed by atoms with Crippen molar-refractivity contribution in [1.82, 2.24) is 10.6 Å². The molecule has 0 aliphatic carbocycles. The van der Waals surface area contributed by atoms with Crippen LogP contribution in [0.4, 0.5) is 9.59 Å². The van der Waals surface area contributed by atoms with Crippen LogP contribution < -0.4 is 10.6 Å². The van der Waals surface area contributed by atoms with Crippen LogP contribution in [-0.2, 0) is 23.7 Å².